The van der Waals surface area contributed by atoms with Gasteiger partial charge < -0.3 is 10.0 Å². The van der Waals surface area contributed by atoms with Crippen LogP contribution in [0.25, 0.3) is 0 Å². The molecule has 5 heteroatoms. The summed E-state index contributed by atoms with van der Waals surface area (Å²) in [6.45, 7) is 3.85. The Labute approximate surface area is 117 Å². The highest BCUT2D eigenvalue weighted by Gasteiger charge is 2.38. The van der Waals surface area contributed by atoms with Gasteiger partial charge in [-0.2, -0.15) is 0 Å². The molecule has 1 saturated heterocycles. The molecule has 3 atom stereocenters. The van der Waals surface area contributed by atoms with Crippen LogP contribution in [0.15, 0.2) is 17.5 Å². The van der Waals surface area contributed by atoms with E-state index < -0.39 is 11.9 Å². The van der Waals surface area contributed by atoms with Crippen LogP contribution in [0, 0.1) is 5.92 Å². The van der Waals surface area contributed by atoms with Gasteiger partial charge in [-0.3, -0.25) is 9.59 Å². The lowest BCUT2D eigenvalue weighted by molar-refractivity contribution is -0.151. The number of carbonyl (C=O) groups is 2. The first-order valence-corrected chi connectivity index (χ1v) is 7.45. The van der Waals surface area contributed by atoms with E-state index in [1.165, 1.54) is 0 Å². The van der Waals surface area contributed by atoms with Gasteiger partial charge in [0.25, 0.3) is 0 Å². The molecule has 2 heterocycles. The highest BCUT2D eigenvalue weighted by atomic mass is 32.1. The molecule has 1 aliphatic rings. The number of carboxylic acids is 1. The molecule has 4 nitrogen and oxygen atoms in total. The molecule has 1 N–H and O–H groups in total. The van der Waals surface area contributed by atoms with Gasteiger partial charge in [-0.15, -0.1) is 11.3 Å². The van der Waals surface area contributed by atoms with E-state index >= 15 is 0 Å². The lowest BCUT2D eigenvalue weighted by Crippen LogP contribution is -2.53. The van der Waals surface area contributed by atoms with Gasteiger partial charge in [0.1, 0.15) is 0 Å². The van der Waals surface area contributed by atoms with Crippen LogP contribution in [0.1, 0.15) is 31.6 Å². The Hall–Kier alpha value is -1.36. The first kappa shape index (κ1) is 14.1. The Morgan fingerprint density at radius 3 is 2.74 bits per heavy atom. The number of hydrogen-bond donors (Lipinski definition) is 1. The highest BCUT2D eigenvalue weighted by Crippen LogP contribution is 2.29. The Bertz CT molecular complexity index is 457. The summed E-state index contributed by atoms with van der Waals surface area (Å²) in [6.07, 6.45) is 1.79. The van der Waals surface area contributed by atoms with Crippen LogP contribution in [-0.4, -0.2) is 34.0 Å². The number of carbonyl (C=O) groups excluding carboxylic acids is 1. The fourth-order valence-corrected chi connectivity index (χ4v) is 3.55. The maximum absolute atomic E-state index is 12.4. The lowest BCUT2D eigenvalue weighted by atomic mass is 9.86. The van der Waals surface area contributed by atoms with E-state index in [9.17, 15) is 14.7 Å². The molecule has 1 amide bonds. The van der Waals surface area contributed by atoms with Crippen LogP contribution in [0.5, 0.6) is 0 Å². The molecule has 0 radical (unpaired) electrons. The molecule has 0 spiro atoms. The third-order valence-electron chi connectivity index (χ3n) is 3.90. The molecular formula is C14H19NO3S. The van der Waals surface area contributed by atoms with Gasteiger partial charge >= 0.3 is 5.97 Å². The van der Waals surface area contributed by atoms with Crippen LogP contribution in [0.4, 0.5) is 0 Å². The molecule has 0 bridgehead atoms. The smallest absolute Gasteiger partial charge is 0.308 e. The SMILES string of the molecule is C[C@@H]1CC[C@H](C(=O)O)[C@H](C)N1C(=O)Cc1cccs1. The fourth-order valence-electron chi connectivity index (χ4n) is 2.85. The van der Waals surface area contributed by atoms with Crippen LogP contribution >= 0.6 is 11.3 Å². The summed E-state index contributed by atoms with van der Waals surface area (Å²) in [4.78, 5) is 26.4. The summed E-state index contributed by atoms with van der Waals surface area (Å²) >= 11 is 1.56. The van der Waals surface area contributed by atoms with Crippen molar-refractivity contribution in [2.75, 3.05) is 0 Å². The van der Waals surface area contributed by atoms with Gasteiger partial charge in [-0.05, 0) is 38.1 Å². The normalized spacial score (nSPS) is 27.3. The summed E-state index contributed by atoms with van der Waals surface area (Å²) in [6, 6.07) is 3.76. The van der Waals surface area contributed by atoms with Crippen molar-refractivity contribution < 1.29 is 14.7 Å². The minimum absolute atomic E-state index is 0.0356. The molecule has 0 unspecified atom stereocenters. The quantitative estimate of drug-likeness (QED) is 0.925. The molecule has 1 fully saturated rings. The standard InChI is InChI=1S/C14H19NO3S/c1-9-5-6-12(14(17)18)10(2)15(9)13(16)8-11-4-3-7-19-11/h3-4,7,9-10,12H,5-6,8H2,1-2H3,(H,17,18)/t9-,10+,12+/m1/s1. The first-order valence-electron chi connectivity index (χ1n) is 6.57. The van der Waals surface area contributed by atoms with Gasteiger partial charge in [0.15, 0.2) is 0 Å². The topological polar surface area (TPSA) is 57.6 Å². The zero-order valence-corrected chi connectivity index (χ0v) is 12.0. The third kappa shape index (κ3) is 2.97. The maximum Gasteiger partial charge on any atom is 0.308 e. The second-order valence-corrected chi connectivity index (χ2v) is 6.20. The number of thiophene rings is 1. The van der Waals surface area contributed by atoms with Crippen molar-refractivity contribution >= 4 is 23.2 Å². The lowest BCUT2D eigenvalue weighted by Gasteiger charge is -2.42. The number of amides is 1. The average molecular weight is 281 g/mol. The van der Waals surface area contributed by atoms with Crippen molar-refractivity contribution in [3.05, 3.63) is 22.4 Å². The Morgan fingerprint density at radius 2 is 2.16 bits per heavy atom. The van der Waals surface area contributed by atoms with E-state index in [2.05, 4.69) is 0 Å². The van der Waals surface area contributed by atoms with E-state index in [4.69, 9.17) is 0 Å². The van der Waals surface area contributed by atoms with Crippen LogP contribution in [-0.2, 0) is 16.0 Å². The van der Waals surface area contributed by atoms with E-state index in [1.807, 2.05) is 31.4 Å². The molecule has 2 rings (SSSR count). The zero-order chi connectivity index (χ0) is 14.0. The number of aliphatic carboxylic acids is 1. The predicted octanol–water partition coefficient (Wildman–Crippen LogP) is 2.39. The second-order valence-electron chi connectivity index (χ2n) is 5.17. The highest BCUT2D eigenvalue weighted by molar-refractivity contribution is 7.10. The average Bonchev–Trinajstić information content (AvgIpc) is 2.81. The van der Waals surface area contributed by atoms with Crippen molar-refractivity contribution in [1.29, 1.82) is 0 Å². The van der Waals surface area contributed by atoms with Gasteiger partial charge in [0.2, 0.25) is 5.91 Å². The second kappa shape index (κ2) is 5.74. The number of hydrogen-bond acceptors (Lipinski definition) is 3. The molecule has 104 valence electrons. The van der Waals surface area contributed by atoms with E-state index in [1.54, 1.807) is 16.2 Å². The third-order valence-corrected chi connectivity index (χ3v) is 4.78. The van der Waals surface area contributed by atoms with Crippen LogP contribution in [0.3, 0.4) is 0 Å². The number of carboxylic acid groups (broad SMARTS) is 1. The van der Waals surface area contributed by atoms with E-state index in [-0.39, 0.29) is 18.0 Å². The van der Waals surface area contributed by atoms with Crippen LogP contribution < -0.4 is 0 Å². The number of piperidine rings is 1. The maximum atomic E-state index is 12.4. The molecule has 1 aromatic heterocycles. The van der Waals surface area contributed by atoms with Gasteiger partial charge in [0.05, 0.1) is 12.3 Å². The summed E-state index contributed by atoms with van der Waals surface area (Å²) in [7, 11) is 0. The molecule has 0 aromatic carbocycles. The summed E-state index contributed by atoms with van der Waals surface area (Å²) < 4.78 is 0. The molecular weight excluding hydrogens is 262 g/mol. The molecule has 1 aliphatic heterocycles. The zero-order valence-electron chi connectivity index (χ0n) is 11.2. The molecule has 0 aliphatic carbocycles. The van der Waals surface area contributed by atoms with Gasteiger partial charge in [-0.25, -0.2) is 0 Å². The molecule has 19 heavy (non-hydrogen) atoms. The summed E-state index contributed by atoms with van der Waals surface area (Å²) in [5.74, 6) is -1.20. The fraction of sp³-hybridized carbons (Fsp3) is 0.571. The number of rotatable bonds is 3. The monoisotopic (exact) mass is 281 g/mol. The van der Waals surface area contributed by atoms with Crippen molar-refractivity contribution in [3.63, 3.8) is 0 Å². The van der Waals surface area contributed by atoms with Crippen molar-refractivity contribution in [1.82, 2.24) is 4.90 Å². The largest absolute Gasteiger partial charge is 0.481 e. The molecule has 0 saturated carbocycles. The first-order chi connectivity index (χ1) is 9.00. The molecule has 1 aromatic rings. The summed E-state index contributed by atoms with van der Waals surface area (Å²) in [5, 5.41) is 11.2. The summed E-state index contributed by atoms with van der Waals surface area (Å²) in [5.41, 5.74) is 0. The minimum atomic E-state index is -0.798. The van der Waals surface area contributed by atoms with Gasteiger partial charge in [0, 0.05) is 17.0 Å². The van der Waals surface area contributed by atoms with Crippen molar-refractivity contribution in [2.45, 2.75) is 45.2 Å². The Balaban J connectivity index is 2.11. The van der Waals surface area contributed by atoms with Crippen molar-refractivity contribution in [2.24, 2.45) is 5.92 Å². The minimum Gasteiger partial charge on any atom is -0.481 e. The Kier molecular flexibility index (Phi) is 4.24. The van der Waals surface area contributed by atoms with Crippen LogP contribution in [0.2, 0.25) is 0 Å². The van der Waals surface area contributed by atoms with E-state index in [0.29, 0.717) is 12.8 Å². The number of likely N-dealkylation sites (tertiary alicyclic amines) is 1. The van der Waals surface area contributed by atoms with Crippen molar-refractivity contribution in [3.8, 4) is 0 Å². The predicted molar refractivity (Wildman–Crippen MR) is 74.2 cm³/mol. The number of nitrogens with zero attached hydrogens (tertiary/aromatic N) is 1. The van der Waals surface area contributed by atoms with Gasteiger partial charge in [-0.1, -0.05) is 6.07 Å². The Morgan fingerprint density at radius 1 is 1.42 bits per heavy atom. The van der Waals surface area contributed by atoms with E-state index in [0.717, 1.165) is 11.3 Å².